The molecule has 1 saturated heterocycles. The zero-order valence-corrected chi connectivity index (χ0v) is 7.97. The molecule has 1 aliphatic rings. The van der Waals surface area contributed by atoms with Crippen LogP contribution < -0.4 is 0 Å². The van der Waals surface area contributed by atoms with Crippen LogP contribution in [-0.4, -0.2) is 35.3 Å². The molecule has 1 N–H and O–H groups in total. The zero-order valence-electron chi connectivity index (χ0n) is 7.16. The number of hydrogen-bond donors (Lipinski definition) is 1. The Morgan fingerprint density at radius 2 is 2.58 bits per heavy atom. The highest BCUT2D eigenvalue weighted by molar-refractivity contribution is 8.00. The van der Waals surface area contributed by atoms with E-state index in [0.717, 1.165) is 18.6 Å². The van der Waals surface area contributed by atoms with Crippen molar-refractivity contribution >= 4 is 17.7 Å². The van der Waals surface area contributed by atoms with Crippen LogP contribution in [0.2, 0.25) is 0 Å². The fraction of sp³-hybridized carbons (Fsp3) is 0.875. The molecule has 0 bridgehead atoms. The first kappa shape index (κ1) is 9.86. The van der Waals surface area contributed by atoms with Crippen molar-refractivity contribution in [1.29, 1.82) is 0 Å². The molecule has 0 aromatic heterocycles. The second kappa shape index (κ2) is 4.72. The van der Waals surface area contributed by atoms with E-state index in [1.54, 1.807) is 11.8 Å². The summed E-state index contributed by atoms with van der Waals surface area (Å²) in [5.74, 6) is 0.776. The van der Waals surface area contributed by atoms with Gasteiger partial charge in [0.1, 0.15) is 0 Å². The molecule has 3 nitrogen and oxygen atoms in total. The number of ether oxygens (including phenoxy) is 1. The lowest BCUT2D eigenvalue weighted by atomic mass is 10.1. The molecule has 0 amide bonds. The minimum Gasteiger partial charge on any atom is -0.469 e. The van der Waals surface area contributed by atoms with Crippen molar-refractivity contribution in [2.24, 2.45) is 0 Å². The second-order valence-corrected chi connectivity index (χ2v) is 4.25. The molecule has 0 aromatic carbocycles. The topological polar surface area (TPSA) is 46.5 Å². The van der Waals surface area contributed by atoms with Crippen LogP contribution in [-0.2, 0) is 9.53 Å². The van der Waals surface area contributed by atoms with Gasteiger partial charge in [-0.1, -0.05) is 0 Å². The molecule has 1 aliphatic heterocycles. The van der Waals surface area contributed by atoms with Crippen LogP contribution in [0.25, 0.3) is 0 Å². The highest BCUT2D eigenvalue weighted by Crippen LogP contribution is 2.29. The third kappa shape index (κ3) is 2.68. The Morgan fingerprint density at radius 1 is 1.83 bits per heavy atom. The molecular formula is C8H14O3S. The number of esters is 1. The van der Waals surface area contributed by atoms with Crippen LogP contribution in [0.4, 0.5) is 0 Å². The Bertz CT molecular complexity index is 154. The first-order chi connectivity index (χ1) is 5.74. The maximum atomic E-state index is 10.8. The molecule has 12 heavy (non-hydrogen) atoms. The number of rotatable bonds is 3. The third-order valence-corrected chi connectivity index (χ3v) is 3.50. The van der Waals surface area contributed by atoms with Gasteiger partial charge in [0.2, 0.25) is 0 Å². The SMILES string of the molecule is COC(=O)C[C@H](O)C1CCCS1. The molecule has 0 aliphatic carbocycles. The standard InChI is InChI=1S/C8H14O3S/c1-11-8(10)5-6(9)7-3-2-4-12-7/h6-7,9H,2-5H2,1H3/t6-,7?/m0/s1. The van der Waals surface area contributed by atoms with Gasteiger partial charge < -0.3 is 9.84 Å². The van der Waals surface area contributed by atoms with Gasteiger partial charge in [0.05, 0.1) is 19.6 Å². The lowest BCUT2D eigenvalue weighted by Crippen LogP contribution is -2.24. The summed E-state index contributed by atoms with van der Waals surface area (Å²) < 4.78 is 4.47. The number of aliphatic hydroxyl groups excluding tert-OH is 1. The van der Waals surface area contributed by atoms with Crippen LogP contribution in [0.3, 0.4) is 0 Å². The summed E-state index contributed by atoms with van der Waals surface area (Å²) in [4.78, 5) is 10.8. The first-order valence-electron chi connectivity index (χ1n) is 4.10. The number of carbonyl (C=O) groups is 1. The molecular weight excluding hydrogens is 176 g/mol. The van der Waals surface area contributed by atoms with E-state index in [1.165, 1.54) is 7.11 Å². The predicted molar refractivity (Wildman–Crippen MR) is 48.1 cm³/mol. The number of aliphatic hydroxyl groups is 1. The zero-order chi connectivity index (χ0) is 8.97. The third-order valence-electron chi connectivity index (χ3n) is 2.00. The predicted octanol–water partition coefficient (Wildman–Crippen LogP) is 0.806. The van der Waals surface area contributed by atoms with Crippen molar-refractivity contribution in [3.05, 3.63) is 0 Å². The van der Waals surface area contributed by atoms with E-state index in [-0.39, 0.29) is 17.6 Å². The van der Waals surface area contributed by atoms with E-state index < -0.39 is 6.10 Å². The van der Waals surface area contributed by atoms with Gasteiger partial charge in [0, 0.05) is 5.25 Å². The number of thioether (sulfide) groups is 1. The largest absolute Gasteiger partial charge is 0.469 e. The van der Waals surface area contributed by atoms with Crippen LogP contribution in [0, 0.1) is 0 Å². The van der Waals surface area contributed by atoms with Crippen molar-refractivity contribution in [2.75, 3.05) is 12.9 Å². The van der Waals surface area contributed by atoms with Gasteiger partial charge >= 0.3 is 5.97 Å². The van der Waals surface area contributed by atoms with Gasteiger partial charge in [-0.15, -0.1) is 0 Å². The normalized spacial score (nSPS) is 25.3. The summed E-state index contributed by atoms with van der Waals surface area (Å²) >= 11 is 1.75. The Labute approximate surface area is 76.5 Å². The number of carbonyl (C=O) groups excluding carboxylic acids is 1. The summed E-state index contributed by atoms with van der Waals surface area (Å²) in [6.07, 6.45) is 1.77. The van der Waals surface area contributed by atoms with Gasteiger partial charge in [-0.25, -0.2) is 0 Å². The van der Waals surface area contributed by atoms with Gasteiger partial charge in [-0.2, -0.15) is 11.8 Å². The highest BCUT2D eigenvalue weighted by atomic mass is 32.2. The second-order valence-electron chi connectivity index (χ2n) is 2.90. The van der Waals surface area contributed by atoms with Crippen molar-refractivity contribution in [3.8, 4) is 0 Å². The van der Waals surface area contributed by atoms with Crippen LogP contribution in [0.15, 0.2) is 0 Å². The molecule has 1 heterocycles. The molecule has 1 unspecified atom stereocenters. The Kier molecular flexibility index (Phi) is 3.88. The lowest BCUT2D eigenvalue weighted by molar-refractivity contribution is -0.142. The Hall–Kier alpha value is -0.220. The van der Waals surface area contributed by atoms with E-state index in [9.17, 15) is 9.90 Å². The fourth-order valence-electron chi connectivity index (χ4n) is 1.29. The number of methoxy groups -OCH3 is 1. The summed E-state index contributed by atoms with van der Waals surface area (Å²) in [6.45, 7) is 0. The molecule has 0 spiro atoms. The molecule has 1 rings (SSSR count). The minimum absolute atomic E-state index is 0.133. The molecule has 0 radical (unpaired) electrons. The summed E-state index contributed by atoms with van der Waals surface area (Å²) in [6, 6.07) is 0. The molecule has 4 heteroatoms. The summed E-state index contributed by atoms with van der Waals surface area (Å²) in [5.41, 5.74) is 0. The quantitative estimate of drug-likeness (QED) is 0.669. The summed E-state index contributed by atoms with van der Waals surface area (Å²) in [5, 5.41) is 9.77. The van der Waals surface area contributed by atoms with Gasteiger partial charge in [0.25, 0.3) is 0 Å². The smallest absolute Gasteiger partial charge is 0.308 e. The van der Waals surface area contributed by atoms with E-state index >= 15 is 0 Å². The van der Waals surface area contributed by atoms with Gasteiger partial charge in [0.15, 0.2) is 0 Å². The monoisotopic (exact) mass is 190 g/mol. The van der Waals surface area contributed by atoms with E-state index in [4.69, 9.17) is 0 Å². The Balaban J connectivity index is 2.26. The number of hydrogen-bond acceptors (Lipinski definition) is 4. The molecule has 70 valence electrons. The van der Waals surface area contributed by atoms with Crippen LogP contribution in [0.1, 0.15) is 19.3 Å². The lowest BCUT2D eigenvalue weighted by Gasteiger charge is -2.14. The molecule has 1 fully saturated rings. The first-order valence-corrected chi connectivity index (χ1v) is 5.15. The highest BCUT2D eigenvalue weighted by Gasteiger charge is 2.25. The molecule has 0 aromatic rings. The maximum absolute atomic E-state index is 10.8. The van der Waals surface area contributed by atoms with Crippen molar-refractivity contribution < 1.29 is 14.6 Å². The maximum Gasteiger partial charge on any atom is 0.308 e. The average Bonchev–Trinajstić information content (AvgIpc) is 2.56. The van der Waals surface area contributed by atoms with Gasteiger partial charge in [-0.3, -0.25) is 4.79 Å². The van der Waals surface area contributed by atoms with E-state index in [2.05, 4.69) is 4.74 Å². The summed E-state index contributed by atoms with van der Waals surface area (Å²) in [7, 11) is 1.34. The Morgan fingerprint density at radius 3 is 3.08 bits per heavy atom. The van der Waals surface area contributed by atoms with Crippen LogP contribution in [0.5, 0.6) is 0 Å². The fourth-order valence-corrected chi connectivity index (χ4v) is 2.58. The van der Waals surface area contributed by atoms with E-state index in [0.29, 0.717) is 0 Å². The minimum atomic E-state index is -0.523. The molecule has 0 saturated carbocycles. The van der Waals surface area contributed by atoms with Gasteiger partial charge in [-0.05, 0) is 18.6 Å². The van der Waals surface area contributed by atoms with Crippen molar-refractivity contribution in [3.63, 3.8) is 0 Å². The van der Waals surface area contributed by atoms with E-state index in [1.807, 2.05) is 0 Å². The van der Waals surface area contributed by atoms with Crippen molar-refractivity contribution in [2.45, 2.75) is 30.6 Å². The van der Waals surface area contributed by atoms with Crippen LogP contribution >= 0.6 is 11.8 Å². The average molecular weight is 190 g/mol. The van der Waals surface area contributed by atoms with Crippen molar-refractivity contribution in [1.82, 2.24) is 0 Å². The molecule has 2 atom stereocenters.